The number of carbonyl (C=O) groups excluding carboxylic acids is 2. The van der Waals surface area contributed by atoms with Gasteiger partial charge in [-0.3, -0.25) is 14.9 Å². The molecule has 2 N–H and O–H groups in total. The molecule has 1 aromatic rings. The molecule has 0 aliphatic carbocycles. The first kappa shape index (κ1) is 15.8. The monoisotopic (exact) mass is 309 g/mol. The molecule has 0 atom stereocenters. The Morgan fingerprint density at radius 1 is 1.24 bits per heavy atom. The normalized spacial score (nSPS) is 16.1. The highest BCUT2D eigenvalue weighted by Crippen LogP contribution is 2.26. The van der Waals surface area contributed by atoms with Crippen molar-refractivity contribution >= 4 is 29.1 Å². The van der Waals surface area contributed by atoms with Gasteiger partial charge in [-0.2, -0.15) is 0 Å². The van der Waals surface area contributed by atoms with Crippen LogP contribution in [0.5, 0.6) is 0 Å². The van der Waals surface area contributed by atoms with Gasteiger partial charge in [0.2, 0.25) is 11.8 Å². The molecule has 2 amide bonds. The van der Waals surface area contributed by atoms with Crippen molar-refractivity contribution in [1.82, 2.24) is 10.6 Å². The number of hydrogen-bond donors (Lipinski definition) is 2. The third-order valence-corrected chi connectivity index (χ3v) is 3.38. The third kappa shape index (κ3) is 4.44. The Hall–Kier alpha value is -1.59. The van der Waals surface area contributed by atoms with Gasteiger partial charge >= 0.3 is 0 Å². The Bertz CT molecular complexity index is 551. The maximum absolute atomic E-state index is 11.5. The molecule has 0 spiro atoms. The van der Waals surface area contributed by atoms with Crippen molar-refractivity contribution in [3.63, 3.8) is 0 Å². The molecular formula is C15H20ClN3O2. The lowest BCUT2D eigenvalue weighted by Gasteiger charge is -2.30. The van der Waals surface area contributed by atoms with E-state index in [1.54, 1.807) is 11.0 Å². The van der Waals surface area contributed by atoms with Gasteiger partial charge in [-0.25, -0.2) is 0 Å². The van der Waals surface area contributed by atoms with Crippen LogP contribution in [0.3, 0.4) is 0 Å². The molecule has 0 saturated carbocycles. The van der Waals surface area contributed by atoms with E-state index >= 15 is 0 Å². The number of amides is 2. The molecular weight excluding hydrogens is 290 g/mol. The summed E-state index contributed by atoms with van der Waals surface area (Å²) in [6.07, 6.45) is 0. The molecule has 2 rings (SSSR count). The first-order chi connectivity index (χ1) is 9.74. The van der Waals surface area contributed by atoms with E-state index in [0.29, 0.717) is 11.6 Å². The second-order valence-electron chi connectivity index (χ2n) is 6.20. The number of imide groups is 1. The minimum absolute atomic E-state index is 0.0218. The van der Waals surface area contributed by atoms with Crippen LogP contribution in [0.25, 0.3) is 0 Å². The zero-order valence-electron chi connectivity index (χ0n) is 12.5. The van der Waals surface area contributed by atoms with E-state index in [-0.39, 0.29) is 30.4 Å². The maximum Gasteiger partial charge on any atom is 0.246 e. The molecule has 0 radical (unpaired) electrons. The van der Waals surface area contributed by atoms with Gasteiger partial charge in [0.05, 0.1) is 13.1 Å². The number of hydrogen-bond acceptors (Lipinski definition) is 4. The minimum atomic E-state index is -0.291. The summed E-state index contributed by atoms with van der Waals surface area (Å²) in [7, 11) is 0. The number of carbonyl (C=O) groups is 2. The van der Waals surface area contributed by atoms with Crippen LogP contribution >= 0.6 is 11.6 Å². The van der Waals surface area contributed by atoms with Gasteiger partial charge in [0.1, 0.15) is 0 Å². The van der Waals surface area contributed by atoms with Crippen molar-refractivity contribution in [2.75, 3.05) is 18.0 Å². The van der Waals surface area contributed by atoms with Gasteiger partial charge < -0.3 is 10.2 Å². The topological polar surface area (TPSA) is 61.4 Å². The summed E-state index contributed by atoms with van der Waals surface area (Å²) in [4.78, 5) is 24.9. The lowest BCUT2D eigenvalue weighted by Crippen LogP contribution is -2.51. The van der Waals surface area contributed by atoms with Gasteiger partial charge in [0.15, 0.2) is 0 Å². The van der Waals surface area contributed by atoms with Crippen LogP contribution < -0.4 is 15.5 Å². The summed E-state index contributed by atoms with van der Waals surface area (Å²) in [6.45, 7) is 7.22. The molecule has 1 aliphatic heterocycles. The van der Waals surface area contributed by atoms with Gasteiger partial charge in [-0.05, 0) is 38.5 Å². The SMILES string of the molecule is CC(C)(C)NCc1ccc(Cl)cc1N1CC(=O)NC(=O)C1. The van der Waals surface area contributed by atoms with Crippen molar-refractivity contribution in [3.05, 3.63) is 28.8 Å². The largest absolute Gasteiger partial charge is 0.353 e. The fourth-order valence-corrected chi connectivity index (χ4v) is 2.32. The lowest BCUT2D eigenvalue weighted by molar-refractivity contribution is -0.130. The first-order valence-electron chi connectivity index (χ1n) is 6.86. The summed E-state index contributed by atoms with van der Waals surface area (Å²) in [5.74, 6) is -0.582. The van der Waals surface area contributed by atoms with Crippen molar-refractivity contribution in [1.29, 1.82) is 0 Å². The minimum Gasteiger partial charge on any atom is -0.353 e. The average Bonchev–Trinajstić information content (AvgIpc) is 2.35. The maximum atomic E-state index is 11.5. The quantitative estimate of drug-likeness (QED) is 0.834. The smallest absolute Gasteiger partial charge is 0.246 e. The Morgan fingerprint density at radius 2 is 1.86 bits per heavy atom. The number of rotatable bonds is 3. The summed E-state index contributed by atoms with van der Waals surface area (Å²) in [6, 6.07) is 5.54. The molecule has 0 aromatic heterocycles. The molecule has 1 heterocycles. The average molecular weight is 310 g/mol. The summed E-state index contributed by atoms with van der Waals surface area (Å²) in [5.41, 5.74) is 1.81. The molecule has 114 valence electrons. The molecule has 0 bridgehead atoms. The number of halogens is 1. The van der Waals surface area contributed by atoms with Crippen LogP contribution in [0, 0.1) is 0 Å². The highest BCUT2D eigenvalue weighted by Gasteiger charge is 2.24. The van der Waals surface area contributed by atoms with Crippen LogP contribution in [0.15, 0.2) is 18.2 Å². The van der Waals surface area contributed by atoms with Crippen molar-refractivity contribution in [2.45, 2.75) is 32.9 Å². The molecule has 5 nitrogen and oxygen atoms in total. The van der Waals surface area contributed by atoms with E-state index < -0.39 is 0 Å². The fourth-order valence-electron chi connectivity index (χ4n) is 2.15. The molecule has 1 aliphatic rings. The third-order valence-electron chi connectivity index (χ3n) is 3.14. The summed E-state index contributed by atoms with van der Waals surface area (Å²) in [5, 5.41) is 6.29. The van der Waals surface area contributed by atoms with Crippen molar-refractivity contribution in [2.24, 2.45) is 0 Å². The van der Waals surface area contributed by atoms with E-state index in [1.807, 2.05) is 12.1 Å². The van der Waals surface area contributed by atoms with Crippen LogP contribution in [0.1, 0.15) is 26.3 Å². The number of nitrogens with one attached hydrogen (secondary N) is 2. The van der Waals surface area contributed by atoms with E-state index in [4.69, 9.17) is 11.6 Å². The van der Waals surface area contributed by atoms with E-state index in [0.717, 1.165) is 11.3 Å². The Kier molecular flexibility index (Phi) is 4.54. The van der Waals surface area contributed by atoms with E-state index in [1.165, 1.54) is 0 Å². The molecule has 21 heavy (non-hydrogen) atoms. The van der Waals surface area contributed by atoms with Crippen molar-refractivity contribution in [3.8, 4) is 0 Å². The van der Waals surface area contributed by atoms with Crippen LogP contribution in [-0.2, 0) is 16.1 Å². The molecule has 0 unspecified atom stereocenters. The number of anilines is 1. The van der Waals surface area contributed by atoms with Crippen molar-refractivity contribution < 1.29 is 9.59 Å². The predicted molar refractivity (Wildman–Crippen MR) is 83.4 cm³/mol. The van der Waals surface area contributed by atoms with Crippen LogP contribution in [0.2, 0.25) is 5.02 Å². The standard InChI is InChI=1S/C15H20ClN3O2/c1-15(2,3)17-7-10-4-5-11(16)6-12(10)19-8-13(20)18-14(21)9-19/h4-6,17H,7-9H2,1-3H3,(H,18,20,21). The van der Waals surface area contributed by atoms with E-state index in [2.05, 4.69) is 31.4 Å². The number of benzene rings is 1. The number of piperazine rings is 1. The van der Waals surface area contributed by atoms with Gasteiger partial charge in [-0.15, -0.1) is 0 Å². The molecule has 6 heteroatoms. The van der Waals surface area contributed by atoms with Crippen LogP contribution in [0.4, 0.5) is 5.69 Å². The number of nitrogens with zero attached hydrogens (tertiary/aromatic N) is 1. The lowest BCUT2D eigenvalue weighted by atomic mass is 10.1. The highest BCUT2D eigenvalue weighted by molar-refractivity contribution is 6.30. The Labute approximate surface area is 129 Å². The fraction of sp³-hybridized carbons (Fsp3) is 0.467. The molecule has 1 saturated heterocycles. The van der Waals surface area contributed by atoms with Gasteiger partial charge in [0, 0.05) is 22.8 Å². The second kappa shape index (κ2) is 6.03. The highest BCUT2D eigenvalue weighted by atomic mass is 35.5. The zero-order chi connectivity index (χ0) is 15.6. The molecule has 1 aromatic carbocycles. The second-order valence-corrected chi connectivity index (χ2v) is 6.64. The Balaban J connectivity index is 2.26. The van der Waals surface area contributed by atoms with Crippen LogP contribution in [-0.4, -0.2) is 30.4 Å². The first-order valence-corrected chi connectivity index (χ1v) is 7.23. The van der Waals surface area contributed by atoms with Gasteiger partial charge in [-0.1, -0.05) is 17.7 Å². The molecule has 1 fully saturated rings. The van der Waals surface area contributed by atoms with E-state index in [9.17, 15) is 9.59 Å². The zero-order valence-corrected chi connectivity index (χ0v) is 13.3. The predicted octanol–water partition coefficient (Wildman–Crippen LogP) is 1.69. The summed E-state index contributed by atoms with van der Waals surface area (Å²) >= 11 is 6.07. The van der Waals surface area contributed by atoms with Gasteiger partial charge in [0.25, 0.3) is 0 Å². The Morgan fingerprint density at radius 3 is 2.43 bits per heavy atom. The summed E-state index contributed by atoms with van der Waals surface area (Å²) < 4.78 is 0.